The molecule has 1 atom stereocenters. The Morgan fingerprint density at radius 1 is 1.11 bits per heavy atom. The number of hydrogen-bond acceptors (Lipinski definition) is 8. The molecule has 1 unspecified atom stereocenters. The highest BCUT2D eigenvalue weighted by molar-refractivity contribution is 7.92. The van der Waals surface area contributed by atoms with Crippen molar-refractivity contribution in [3.05, 3.63) is 77.6 Å². The SMILES string of the molecule is Cc1cccc(C)c1-c1cc(Oc2ccc(C3COCCN3)cc2)nc(NS(=O)(=O)c2cnn(C)c2)n1. The molecule has 2 aromatic carbocycles. The summed E-state index contributed by atoms with van der Waals surface area (Å²) in [7, 11) is -2.31. The number of sulfonamides is 1. The van der Waals surface area contributed by atoms with Crippen LogP contribution < -0.4 is 14.8 Å². The second kappa shape index (κ2) is 10.3. The summed E-state index contributed by atoms with van der Waals surface area (Å²) >= 11 is 0. The predicted octanol–water partition coefficient (Wildman–Crippen LogP) is 3.75. The van der Waals surface area contributed by atoms with Crippen LogP contribution in [0.1, 0.15) is 22.7 Å². The number of benzene rings is 2. The van der Waals surface area contributed by atoms with Crippen LogP contribution in [-0.4, -0.2) is 47.9 Å². The van der Waals surface area contributed by atoms with Gasteiger partial charge in [-0.1, -0.05) is 30.3 Å². The third kappa shape index (κ3) is 5.63. The minimum Gasteiger partial charge on any atom is -0.439 e. The average molecular weight is 521 g/mol. The second-order valence-corrected chi connectivity index (χ2v) is 10.6. The molecule has 11 heteroatoms. The van der Waals surface area contributed by atoms with E-state index in [0.717, 1.165) is 28.8 Å². The Hall–Kier alpha value is -3.80. The summed E-state index contributed by atoms with van der Waals surface area (Å²) in [4.78, 5) is 8.90. The first-order valence-electron chi connectivity index (χ1n) is 11.8. The van der Waals surface area contributed by atoms with Crippen LogP contribution in [0.25, 0.3) is 11.3 Å². The summed E-state index contributed by atoms with van der Waals surface area (Å²) < 4.78 is 41.4. The van der Waals surface area contributed by atoms with Crippen molar-refractivity contribution in [1.29, 1.82) is 0 Å². The van der Waals surface area contributed by atoms with Crippen LogP contribution in [0.2, 0.25) is 0 Å². The third-order valence-electron chi connectivity index (χ3n) is 6.08. The fourth-order valence-electron chi connectivity index (χ4n) is 4.25. The molecule has 5 rings (SSSR count). The minimum absolute atomic E-state index is 0.00874. The fraction of sp³-hybridized carbons (Fsp3) is 0.269. The molecule has 4 aromatic rings. The van der Waals surface area contributed by atoms with E-state index in [4.69, 9.17) is 9.47 Å². The van der Waals surface area contributed by atoms with Crippen LogP contribution in [0.5, 0.6) is 11.6 Å². The average Bonchev–Trinajstić information content (AvgIpc) is 3.32. The van der Waals surface area contributed by atoms with E-state index in [9.17, 15) is 8.42 Å². The number of aromatic nitrogens is 4. The highest BCUT2D eigenvalue weighted by Crippen LogP contribution is 2.31. The largest absolute Gasteiger partial charge is 0.439 e. The first-order chi connectivity index (χ1) is 17.8. The molecule has 0 bridgehead atoms. The van der Waals surface area contributed by atoms with Gasteiger partial charge in [0, 0.05) is 31.4 Å². The monoisotopic (exact) mass is 520 g/mol. The van der Waals surface area contributed by atoms with Gasteiger partial charge in [0.1, 0.15) is 10.6 Å². The van der Waals surface area contributed by atoms with Crippen LogP contribution in [0, 0.1) is 13.8 Å². The number of aryl methyl sites for hydroxylation is 3. The van der Waals surface area contributed by atoms with Gasteiger partial charge in [-0.2, -0.15) is 10.1 Å². The summed E-state index contributed by atoms with van der Waals surface area (Å²) in [6, 6.07) is 15.4. The standard InChI is InChI=1S/C26H28N6O4S/c1-17-5-4-6-18(2)25(17)22-13-24(30-26(29-22)31-37(33,34)21-14-28-32(3)15-21)36-20-9-7-19(8-10-20)23-16-35-12-11-27-23/h4-10,13-15,23,27H,11-12,16H2,1-3H3,(H,29,30,31). The number of hydrogen-bond donors (Lipinski definition) is 2. The van der Waals surface area contributed by atoms with E-state index in [2.05, 4.69) is 25.1 Å². The van der Waals surface area contributed by atoms with E-state index in [0.29, 0.717) is 24.7 Å². The Labute approximate surface area is 215 Å². The van der Waals surface area contributed by atoms with Gasteiger partial charge in [-0.25, -0.2) is 18.1 Å². The van der Waals surface area contributed by atoms with Gasteiger partial charge in [-0.05, 0) is 42.7 Å². The lowest BCUT2D eigenvalue weighted by Gasteiger charge is -2.24. The Kier molecular flexibility index (Phi) is 6.92. The Morgan fingerprint density at radius 2 is 1.86 bits per heavy atom. The van der Waals surface area contributed by atoms with E-state index >= 15 is 0 Å². The number of nitrogens with one attached hydrogen (secondary N) is 2. The van der Waals surface area contributed by atoms with Gasteiger partial charge in [0.15, 0.2) is 0 Å². The Bertz CT molecular complexity index is 1490. The second-order valence-electron chi connectivity index (χ2n) is 8.89. The molecule has 1 aliphatic rings. The van der Waals surface area contributed by atoms with Gasteiger partial charge in [0.05, 0.1) is 31.1 Å². The lowest BCUT2D eigenvalue weighted by molar-refractivity contribution is 0.0769. The van der Waals surface area contributed by atoms with E-state index < -0.39 is 10.0 Å². The van der Waals surface area contributed by atoms with Crippen LogP contribution in [0.15, 0.2) is 65.8 Å². The molecule has 0 aliphatic carbocycles. The summed E-state index contributed by atoms with van der Waals surface area (Å²) in [5.41, 5.74) is 4.52. The fourth-order valence-corrected chi connectivity index (χ4v) is 5.18. The molecule has 0 radical (unpaired) electrons. The zero-order valence-electron chi connectivity index (χ0n) is 20.8. The molecule has 10 nitrogen and oxygen atoms in total. The van der Waals surface area contributed by atoms with E-state index in [1.165, 1.54) is 17.1 Å². The van der Waals surface area contributed by atoms with Crippen molar-refractivity contribution < 1.29 is 17.9 Å². The lowest BCUT2D eigenvalue weighted by atomic mass is 10.00. The minimum atomic E-state index is -3.95. The lowest BCUT2D eigenvalue weighted by Crippen LogP contribution is -2.34. The molecule has 2 N–H and O–H groups in total. The highest BCUT2D eigenvalue weighted by Gasteiger charge is 2.20. The molecule has 0 saturated carbocycles. The smallest absolute Gasteiger partial charge is 0.267 e. The third-order valence-corrected chi connectivity index (χ3v) is 7.37. The molecule has 3 heterocycles. The summed E-state index contributed by atoms with van der Waals surface area (Å²) in [5.74, 6) is 0.676. The maximum absolute atomic E-state index is 13.0. The molecule has 0 spiro atoms. The number of ether oxygens (including phenoxy) is 2. The first kappa shape index (κ1) is 24.9. The maximum atomic E-state index is 13.0. The normalized spacial score (nSPS) is 15.9. The molecule has 1 saturated heterocycles. The molecule has 192 valence electrons. The number of morpholine rings is 1. The summed E-state index contributed by atoms with van der Waals surface area (Å²) in [5, 5.41) is 7.37. The molecule has 1 fully saturated rings. The van der Waals surface area contributed by atoms with E-state index in [-0.39, 0.29) is 22.8 Å². The van der Waals surface area contributed by atoms with Crippen LogP contribution in [-0.2, 0) is 21.8 Å². The van der Waals surface area contributed by atoms with Gasteiger partial charge < -0.3 is 14.8 Å². The van der Waals surface area contributed by atoms with Gasteiger partial charge >= 0.3 is 0 Å². The van der Waals surface area contributed by atoms with Gasteiger partial charge in [-0.3, -0.25) is 4.68 Å². The predicted molar refractivity (Wildman–Crippen MR) is 139 cm³/mol. The van der Waals surface area contributed by atoms with Crippen molar-refractivity contribution in [1.82, 2.24) is 25.1 Å². The van der Waals surface area contributed by atoms with Crippen molar-refractivity contribution in [2.45, 2.75) is 24.8 Å². The number of nitrogens with zero attached hydrogens (tertiary/aromatic N) is 4. The molecule has 0 amide bonds. The van der Waals surface area contributed by atoms with Crippen molar-refractivity contribution >= 4 is 16.0 Å². The number of anilines is 1. The zero-order valence-corrected chi connectivity index (χ0v) is 21.6. The molecule has 1 aliphatic heterocycles. The van der Waals surface area contributed by atoms with Crippen molar-refractivity contribution in [2.24, 2.45) is 7.05 Å². The zero-order chi connectivity index (χ0) is 26.0. The van der Waals surface area contributed by atoms with Crippen LogP contribution in [0.3, 0.4) is 0 Å². The molecular formula is C26H28N6O4S. The molecular weight excluding hydrogens is 492 g/mol. The van der Waals surface area contributed by atoms with Crippen LogP contribution in [0.4, 0.5) is 5.95 Å². The highest BCUT2D eigenvalue weighted by atomic mass is 32.2. The van der Waals surface area contributed by atoms with Gasteiger partial charge in [0.25, 0.3) is 10.0 Å². The van der Waals surface area contributed by atoms with E-state index in [1.54, 1.807) is 13.1 Å². The maximum Gasteiger partial charge on any atom is 0.267 e. The quantitative estimate of drug-likeness (QED) is 0.378. The number of rotatable bonds is 7. The first-order valence-corrected chi connectivity index (χ1v) is 13.3. The topological polar surface area (TPSA) is 120 Å². The van der Waals surface area contributed by atoms with Gasteiger partial charge in [0.2, 0.25) is 11.8 Å². The van der Waals surface area contributed by atoms with E-state index in [1.807, 2.05) is 56.3 Å². The summed E-state index contributed by atoms with van der Waals surface area (Å²) in [6.07, 6.45) is 2.67. The Morgan fingerprint density at radius 3 is 2.51 bits per heavy atom. The summed E-state index contributed by atoms with van der Waals surface area (Å²) in [6.45, 7) is 6.09. The van der Waals surface area contributed by atoms with Crippen molar-refractivity contribution in [2.75, 3.05) is 24.5 Å². The molecule has 37 heavy (non-hydrogen) atoms. The Balaban J connectivity index is 1.49. The van der Waals surface area contributed by atoms with Crippen molar-refractivity contribution in [3.63, 3.8) is 0 Å². The molecule has 2 aromatic heterocycles. The van der Waals surface area contributed by atoms with Gasteiger partial charge in [-0.15, -0.1) is 0 Å². The van der Waals surface area contributed by atoms with Crippen LogP contribution >= 0.6 is 0 Å². The van der Waals surface area contributed by atoms with Crippen molar-refractivity contribution in [3.8, 4) is 22.9 Å².